The summed E-state index contributed by atoms with van der Waals surface area (Å²) in [5.41, 5.74) is 1.56. The van der Waals surface area contributed by atoms with E-state index in [1.165, 1.54) is 18.4 Å². The number of aryl methyl sites for hydroxylation is 2. The fourth-order valence-corrected chi connectivity index (χ4v) is 3.35. The molecule has 3 nitrogen and oxygen atoms in total. The van der Waals surface area contributed by atoms with Gasteiger partial charge in [-0.25, -0.2) is 0 Å². The Morgan fingerprint density at radius 1 is 1.30 bits per heavy atom. The maximum Gasteiger partial charge on any atom is 0.136 e. The lowest BCUT2D eigenvalue weighted by molar-refractivity contribution is -0.124. The first-order chi connectivity index (χ1) is 9.36. The molecule has 0 aliphatic heterocycles. The van der Waals surface area contributed by atoms with E-state index in [1.54, 1.807) is 4.68 Å². The average Bonchev–Trinajstić information content (AvgIpc) is 2.81. The van der Waals surface area contributed by atoms with Crippen LogP contribution in [0.3, 0.4) is 0 Å². The number of aromatic nitrogens is 2. The van der Waals surface area contributed by atoms with Crippen molar-refractivity contribution in [2.45, 2.75) is 59.3 Å². The third-order valence-corrected chi connectivity index (χ3v) is 4.83. The van der Waals surface area contributed by atoms with Crippen LogP contribution in [0.5, 0.6) is 0 Å². The zero-order valence-electron chi connectivity index (χ0n) is 13.4. The molecule has 20 heavy (non-hydrogen) atoms. The highest BCUT2D eigenvalue weighted by Crippen LogP contribution is 2.40. The van der Waals surface area contributed by atoms with Crippen molar-refractivity contribution in [3.63, 3.8) is 0 Å². The van der Waals surface area contributed by atoms with E-state index in [-0.39, 0.29) is 0 Å². The molecule has 2 rings (SSSR count). The van der Waals surface area contributed by atoms with Gasteiger partial charge in [0.05, 0.1) is 6.20 Å². The monoisotopic (exact) mass is 276 g/mol. The normalized spacial score (nSPS) is 23.8. The minimum atomic E-state index is 0.310. The minimum absolute atomic E-state index is 0.310. The number of ketones is 1. The molecule has 0 aromatic carbocycles. The summed E-state index contributed by atoms with van der Waals surface area (Å²) in [6.45, 7) is 6.96. The predicted octanol–water partition coefficient (Wildman–Crippen LogP) is 3.77. The Balaban J connectivity index is 1.77. The van der Waals surface area contributed by atoms with E-state index in [9.17, 15) is 4.79 Å². The van der Waals surface area contributed by atoms with Crippen molar-refractivity contribution >= 4 is 5.78 Å². The number of rotatable bonds is 4. The summed E-state index contributed by atoms with van der Waals surface area (Å²) >= 11 is 0. The van der Waals surface area contributed by atoms with Gasteiger partial charge < -0.3 is 0 Å². The standard InChI is InChI=1S/C17H28N2O/c1-17(2,3)15-8-6-14(7-9-15)16(20)10-5-13-11-18-19(4)12-13/h11-12,14-15H,5-10H2,1-4H3. The van der Waals surface area contributed by atoms with E-state index >= 15 is 0 Å². The summed E-state index contributed by atoms with van der Waals surface area (Å²) in [7, 11) is 1.92. The molecule has 1 aliphatic carbocycles. The minimum Gasteiger partial charge on any atom is -0.299 e. The third-order valence-electron chi connectivity index (χ3n) is 4.83. The number of carbonyl (C=O) groups excluding carboxylic acids is 1. The molecule has 1 saturated carbocycles. The van der Waals surface area contributed by atoms with Crippen LogP contribution in [-0.2, 0) is 18.3 Å². The first kappa shape index (κ1) is 15.3. The SMILES string of the molecule is Cn1cc(CCC(=O)C2CCC(C(C)(C)C)CC2)cn1. The van der Waals surface area contributed by atoms with Crippen LogP contribution >= 0.6 is 0 Å². The van der Waals surface area contributed by atoms with Crippen LogP contribution in [0.15, 0.2) is 12.4 Å². The molecule has 0 spiro atoms. The second-order valence-corrected chi connectivity index (χ2v) is 7.40. The van der Waals surface area contributed by atoms with E-state index < -0.39 is 0 Å². The van der Waals surface area contributed by atoms with E-state index in [0.29, 0.717) is 23.5 Å². The quantitative estimate of drug-likeness (QED) is 0.839. The second kappa shape index (κ2) is 6.11. The fraction of sp³-hybridized carbons (Fsp3) is 0.765. The van der Waals surface area contributed by atoms with Crippen LogP contribution in [0, 0.1) is 17.3 Å². The van der Waals surface area contributed by atoms with Gasteiger partial charge >= 0.3 is 0 Å². The lowest BCUT2D eigenvalue weighted by Crippen LogP contribution is -2.28. The van der Waals surface area contributed by atoms with Gasteiger partial charge in [-0.05, 0) is 49.0 Å². The van der Waals surface area contributed by atoms with Gasteiger partial charge in [0.25, 0.3) is 0 Å². The highest BCUT2D eigenvalue weighted by molar-refractivity contribution is 5.81. The maximum atomic E-state index is 12.3. The Kier molecular flexibility index (Phi) is 4.66. The van der Waals surface area contributed by atoms with E-state index in [0.717, 1.165) is 25.2 Å². The number of nitrogens with zero attached hydrogens (tertiary/aromatic N) is 2. The number of carbonyl (C=O) groups is 1. The number of hydrogen-bond acceptors (Lipinski definition) is 2. The summed E-state index contributed by atoms with van der Waals surface area (Å²) in [6.07, 6.45) is 10.00. The molecule has 112 valence electrons. The molecule has 0 atom stereocenters. The molecule has 0 bridgehead atoms. The largest absolute Gasteiger partial charge is 0.299 e. The summed E-state index contributed by atoms with van der Waals surface area (Å²) in [5.74, 6) is 1.55. The molecule has 0 saturated heterocycles. The van der Waals surface area contributed by atoms with Crippen LogP contribution in [0.1, 0.15) is 58.4 Å². The number of hydrogen-bond donors (Lipinski definition) is 0. The molecular formula is C17H28N2O. The van der Waals surface area contributed by atoms with Gasteiger partial charge in [-0.2, -0.15) is 5.10 Å². The number of Topliss-reactive ketones (excluding diaryl/α,β-unsaturated/α-hetero) is 1. The van der Waals surface area contributed by atoms with Gasteiger partial charge in [-0.3, -0.25) is 9.48 Å². The zero-order chi connectivity index (χ0) is 14.8. The molecule has 0 radical (unpaired) electrons. The summed E-state index contributed by atoms with van der Waals surface area (Å²) in [6, 6.07) is 0. The van der Waals surface area contributed by atoms with Crippen LogP contribution in [0.2, 0.25) is 0 Å². The molecule has 1 fully saturated rings. The van der Waals surface area contributed by atoms with Crippen LogP contribution < -0.4 is 0 Å². The smallest absolute Gasteiger partial charge is 0.136 e. The topological polar surface area (TPSA) is 34.9 Å². The molecule has 0 unspecified atom stereocenters. The Morgan fingerprint density at radius 2 is 1.95 bits per heavy atom. The van der Waals surface area contributed by atoms with Crippen molar-refractivity contribution in [3.8, 4) is 0 Å². The summed E-state index contributed by atoms with van der Waals surface area (Å²) in [4.78, 5) is 12.3. The molecule has 0 amide bonds. The third kappa shape index (κ3) is 3.94. The first-order valence-corrected chi connectivity index (χ1v) is 7.86. The van der Waals surface area contributed by atoms with Gasteiger partial charge in [0, 0.05) is 25.6 Å². The van der Waals surface area contributed by atoms with Gasteiger partial charge in [-0.1, -0.05) is 20.8 Å². The predicted molar refractivity (Wildman–Crippen MR) is 81.4 cm³/mol. The molecule has 1 heterocycles. The van der Waals surface area contributed by atoms with Gasteiger partial charge in [-0.15, -0.1) is 0 Å². The molecule has 1 aromatic rings. The highest BCUT2D eigenvalue weighted by Gasteiger charge is 2.31. The Labute approximate surface area is 122 Å². The van der Waals surface area contributed by atoms with E-state index in [1.807, 2.05) is 19.4 Å². The van der Waals surface area contributed by atoms with Crippen molar-refractivity contribution in [3.05, 3.63) is 18.0 Å². The van der Waals surface area contributed by atoms with E-state index in [4.69, 9.17) is 0 Å². The lowest BCUT2D eigenvalue weighted by atomic mass is 9.69. The Bertz CT molecular complexity index is 448. The van der Waals surface area contributed by atoms with Crippen molar-refractivity contribution in [2.24, 2.45) is 24.3 Å². The van der Waals surface area contributed by atoms with Gasteiger partial charge in [0.15, 0.2) is 0 Å². The molecule has 1 aliphatic rings. The molecule has 1 aromatic heterocycles. The molecule has 0 N–H and O–H groups in total. The summed E-state index contributed by atoms with van der Waals surface area (Å²) in [5, 5.41) is 4.15. The van der Waals surface area contributed by atoms with Crippen LogP contribution in [0.4, 0.5) is 0 Å². The summed E-state index contributed by atoms with van der Waals surface area (Å²) < 4.78 is 1.80. The second-order valence-electron chi connectivity index (χ2n) is 7.40. The van der Waals surface area contributed by atoms with Gasteiger partial charge in [0.1, 0.15) is 5.78 Å². The van der Waals surface area contributed by atoms with Gasteiger partial charge in [0.2, 0.25) is 0 Å². The molecule has 3 heteroatoms. The van der Waals surface area contributed by atoms with Crippen molar-refractivity contribution in [1.82, 2.24) is 9.78 Å². The van der Waals surface area contributed by atoms with Crippen LogP contribution in [-0.4, -0.2) is 15.6 Å². The average molecular weight is 276 g/mol. The lowest BCUT2D eigenvalue weighted by Gasteiger charge is -2.36. The van der Waals surface area contributed by atoms with Crippen molar-refractivity contribution < 1.29 is 4.79 Å². The fourth-order valence-electron chi connectivity index (χ4n) is 3.35. The Hall–Kier alpha value is -1.12. The van der Waals surface area contributed by atoms with Crippen molar-refractivity contribution in [1.29, 1.82) is 0 Å². The van der Waals surface area contributed by atoms with Crippen LogP contribution in [0.25, 0.3) is 0 Å². The van der Waals surface area contributed by atoms with Crippen molar-refractivity contribution in [2.75, 3.05) is 0 Å². The maximum absolute atomic E-state index is 12.3. The first-order valence-electron chi connectivity index (χ1n) is 7.86. The zero-order valence-corrected chi connectivity index (χ0v) is 13.4. The highest BCUT2D eigenvalue weighted by atomic mass is 16.1. The molecular weight excluding hydrogens is 248 g/mol. The Morgan fingerprint density at radius 3 is 2.45 bits per heavy atom. The van der Waals surface area contributed by atoms with E-state index in [2.05, 4.69) is 25.9 Å².